The zero-order valence-electron chi connectivity index (χ0n) is 18.3. The molecule has 0 bridgehead atoms. The first-order valence-corrected chi connectivity index (χ1v) is 11.7. The first-order valence-electron chi connectivity index (χ1n) is 10.3. The molecule has 0 fully saturated rings. The molecular formula is C22H25FN2O7S. The van der Waals surface area contributed by atoms with Gasteiger partial charge in [-0.1, -0.05) is 26.0 Å². The number of benzene rings is 2. The van der Waals surface area contributed by atoms with Crippen molar-refractivity contribution < 1.29 is 36.6 Å². The zero-order valence-corrected chi connectivity index (χ0v) is 19.1. The summed E-state index contributed by atoms with van der Waals surface area (Å²) in [5.41, 5.74) is 0.410. The Morgan fingerprint density at radius 2 is 1.70 bits per heavy atom. The summed E-state index contributed by atoms with van der Waals surface area (Å²) in [6.45, 7) is 5.36. The van der Waals surface area contributed by atoms with Gasteiger partial charge in [0.05, 0.1) is 0 Å². The van der Waals surface area contributed by atoms with Gasteiger partial charge >= 0.3 is 5.97 Å². The van der Waals surface area contributed by atoms with Gasteiger partial charge in [-0.3, -0.25) is 9.59 Å². The molecule has 0 aromatic heterocycles. The summed E-state index contributed by atoms with van der Waals surface area (Å²) in [6.07, 6.45) is -1.23. The predicted molar refractivity (Wildman–Crippen MR) is 117 cm³/mol. The lowest BCUT2D eigenvalue weighted by Crippen LogP contribution is -2.47. The van der Waals surface area contributed by atoms with E-state index in [4.69, 9.17) is 14.2 Å². The second-order valence-corrected chi connectivity index (χ2v) is 9.38. The van der Waals surface area contributed by atoms with Gasteiger partial charge in [0.2, 0.25) is 10.0 Å². The van der Waals surface area contributed by atoms with Crippen LogP contribution in [0.4, 0.5) is 10.1 Å². The molecule has 1 amide bonds. The molecule has 0 aliphatic carbocycles. The van der Waals surface area contributed by atoms with Crippen molar-refractivity contribution in [2.75, 3.05) is 18.5 Å². The summed E-state index contributed by atoms with van der Waals surface area (Å²) >= 11 is 0. The minimum absolute atomic E-state index is 0.387. The third-order valence-electron chi connectivity index (χ3n) is 4.80. The highest BCUT2D eigenvalue weighted by molar-refractivity contribution is 7.89. The number of hydrogen-bond donors (Lipinski definition) is 2. The summed E-state index contributed by atoms with van der Waals surface area (Å²) < 4.78 is 57.4. The normalized spacial score (nSPS) is 14.9. The van der Waals surface area contributed by atoms with Crippen LogP contribution in [0.2, 0.25) is 0 Å². The van der Waals surface area contributed by atoms with E-state index in [-0.39, 0.29) is 0 Å². The molecule has 1 aliphatic rings. The number of carbonyl (C=O) groups is 2. The molecule has 0 spiro atoms. The molecule has 0 radical (unpaired) electrons. The maximum absolute atomic E-state index is 14.0. The molecule has 1 heterocycles. The number of fused-ring (bicyclic) bond motifs is 1. The lowest BCUT2D eigenvalue weighted by atomic mass is 10.1. The minimum atomic E-state index is -4.35. The number of nitrogens with one attached hydrogen (secondary N) is 2. The molecule has 33 heavy (non-hydrogen) atoms. The number of ether oxygens (including phenoxy) is 3. The Balaban J connectivity index is 1.66. The maximum Gasteiger partial charge on any atom is 0.325 e. The fourth-order valence-corrected chi connectivity index (χ4v) is 4.43. The third kappa shape index (κ3) is 5.99. The highest BCUT2D eigenvalue weighted by atomic mass is 32.2. The first kappa shape index (κ1) is 24.5. The van der Waals surface area contributed by atoms with Crippen LogP contribution in [0.5, 0.6) is 11.5 Å². The number of amides is 1. The number of halogens is 1. The van der Waals surface area contributed by atoms with Crippen molar-refractivity contribution in [1.29, 1.82) is 0 Å². The molecule has 2 aromatic carbocycles. The standard InChI is InChI=1S/C22H25FN2O7S/c1-13(2)20(25-33(28,29)19-7-5-4-6-16(19)23)22(27)32-14(3)21(26)24-15-8-9-17-18(12-15)31-11-10-30-17/h4-9,12-14,20,25H,10-11H2,1-3H3,(H,24,26)/t14?,20-/m0/s1. The SMILES string of the molecule is CC(OC(=O)[C@@H](NS(=O)(=O)c1ccccc1F)C(C)C)C(=O)Nc1ccc2c(c1)OCCO2. The fraction of sp³-hybridized carbons (Fsp3) is 0.364. The van der Waals surface area contributed by atoms with E-state index in [0.29, 0.717) is 30.4 Å². The van der Waals surface area contributed by atoms with Gasteiger partial charge in [-0.15, -0.1) is 0 Å². The van der Waals surface area contributed by atoms with Gasteiger partial charge in [0.1, 0.15) is 30.0 Å². The Kier molecular flexibility index (Phi) is 7.54. The van der Waals surface area contributed by atoms with Crippen LogP contribution in [0.15, 0.2) is 47.4 Å². The predicted octanol–water partition coefficient (Wildman–Crippen LogP) is 2.47. The molecule has 2 N–H and O–H groups in total. The van der Waals surface area contributed by atoms with Crippen molar-refractivity contribution in [2.45, 2.75) is 37.8 Å². The number of rotatable bonds is 8. The van der Waals surface area contributed by atoms with E-state index in [0.717, 1.165) is 12.1 Å². The van der Waals surface area contributed by atoms with E-state index in [1.165, 1.54) is 19.1 Å². The number of hydrogen-bond acceptors (Lipinski definition) is 7. The van der Waals surface area contributed by atoms with Crippen LogP contribution < -0.4 is 19.5 Å². The van der Waals surface area contributed by atoms with E-state index >= 15 is 0 Å². The minimum Gasteiger partial charge on any atom is -0.486 e. The van der Waals surface area contributed by atoms with E-state index in [1.807, 2.05) is 0 Å². The third-order valence-corrected chi connectivity index (χ3v) is 6.28. The van der Waals surface area contributed by atoms with Gasteiger partial charge in [0.15, 0.2) is 17.6 Å². The van der Waals surface area contributed by atoms with Gasteiger partial charge < -0.3 is 19.5 Å². The van der Waals surface area contributed by atoms with E-state index in [9.17, 15) is 22.4 Å². The molecule has 0 saturated heterocycles. The summed E-state index contributed by atoms with van der Waals surface area (Å²) in [5, 5.41) is 2.61. The average Bonchev–Trinajstić information content (AvgIpc) is 2.77. The van der Waals surface area contributed by atoms with Crippen LogP contribution >= 0.6 is 0 Å². The van der Waals surface area contributed by atoms with Gasteiger partial charge in [0, 0.05) is 11.8 Å². The second kappa shape index (κ2) is 10.2. The molecule has 9 nitrogen and oxygen atoms in total. The molecule has 11 heteroatoms. The largest absolute Gasteiger partial charge is 0.486 e. The van der Waals surface area contributed by atoms with Crippen molar-refractivity contribution in [3.63, 3.8) is 0 Å². The zero-order chi connectivity index (χ0) is 24.2. The van der Waals surface area contributed by atoms with Crippen LogP contribution in [-0.2, 0) is 24.3 Å². The monoisotopic (exact) mass is 480 g/mol. The first-order chi connectivity index (χ1) is 15.6. The highest BCUT2D eigenvalue weighted by Crippen LogP contribution is 2.32. The van der Waals surface area contributed by atoms with Gasteiger partial charge in [-0.05, 0) is 37.1 Å². The molecule has 1 aliphatic heterocycles. The lowest BCUT2D eigenvalue weighted by Gasteiger charge is -2.23. The fourth-order valence-electron chi connectivity index (χ4n) is 3.02. The van der Waals surface area contributed by atoms with Gasteiger partial charge in [-0.25, -0.2) is 12.8 Å². The van der Waals surface area contributed by atoms with E-state index in [2.05, 4.69) is 10.0 Å². The van der Waals surface area contributed by atoms with Crippen LogP contribution in [0.3, 0.4) is 0 Å². The molecule has 1 unspecified atom stereocenters. The number of esters is 1. The van der Waals surface area contributed by atoms with E-state index < -0.39 is 50.7 Å². The van der Waals surface area contributed by atoms with E-state index in [1.54, 1.807) is 32.0 Å². The molecule has 178 valence electrons. The maximum atomic E-state index is 14.0. The summed E-state index contributed by atoms with van der Waals surface area (Å²) in [6, 6.07) is 8.31. The van der Waals surface area contributed by atoms with Crippen molar-refractivity contribution in [1.82, 2.24) is 4.72 Å². The Bertz CT molecular complexity index is 1140. The van der Waals surface area contributed by atoms with Gasteiger partial charge in [0.25, 0.3) is 5.91 Å². The number of anilines is 1. The van der Waals surface area contributed by atoms with Crippen molar-refractivity contribution >= 4 is 27.6 Å². The lowest BCUT2D eigenvalue weighted by molar-refractivity contribution is -0.155. The highest BCUT2D eigenvalue weighted by Gasteiger charge is 2.33. The van der Waals surface area contributed by atoms with Crippen LogP contribution in [-0.4, -0.2) is 45.7 Å². The van der Waals surface area contributed by atoms with Crippen molar-refractivity contribution in [3.8, 4) is 11.5 Å². The summed E-state index contributed by atoms with van der Waals surface area (Å²) in [4.78, 5) is 24.6. The van der Waals surface area contributed by atoms with Crippen molar-refractivity contribution in [2.24, 2.45) is 5.92 Å². The summed E-state index contributed by atoms with van der Waals surface area (Å²) in [5.74, 6) is -2.04. The molecule has 2 aromatic rings. The summed E-state index contributed by atoms with van der Waals surface area (Å²) in [7, 11) is -4.35. The van der Waals surface area contributed by atoms with Crippen LogP contribution in [0.1, 0.15) is 20.8 Å². The Labute approximate surface area is 191 Å². The quantitative estimate of drug-likeness (QED) is 0.557. The van der Waals surface area contributed by atoms with Crippen molar-refractivity contribution in [3.05, 3.63) is 48.3 Å². The molecular weight excluding hydrogens is 455 g/mol. The number of sulfonamides is 1. The molecule has 2 atom stereocenters. The number of carbonyl (C=O) groups excluding carboxylic acids is 2. The second-order valence-electron chi connectivity index (χ2n) is 7.70. The molecule has 3 rings (SSSR count). The van der Waals surface area contributed by atoms with Crippen LogP contribution in [0.25, 0.3) is 0 Å². The van der Waals surface area contributed by atoms with Crippen LogP contribution in [0, 0.1) is 11.7 Å². The average molecular weight is 481 g/mol. The Morgan fingerprint density at radius 3 is 2.36 bits per heavy atom. The smallest absolute Gasteiger partial charge is 0.325 e. The molecule has 0 saturated carbocycles. The Morgan fingerprint density at radius 1 is 1.03 bits per heavy atom. The van der Waals surface area contributed by atoms with Gasteiger partial charge in [-0.2, -0.15) is 4.72 Å². The Hall–Kier alpha value is -3.18. The topological polar surface area (TPSA) is 120 Å².